The average Bonchev–Trinajstić information content (AvgIpc) is 3.30. The van der Waals surface area contributed by atoms with Gasteiger partial charge in [0.2, 0.25) is 11.6 Å². The smallest absolute Gasteiger partial charge is 0.219 e. The van der Waals surface area contributed by atoms with Crippen LogP contribution in [0.3, 0.4) is 0 Å². The maximum atomic E-state index is 13.2. The molecule has 7 nitrogen and oxygen atoms in total. The van der Waals surface area contributed by atoms with Crippen LogP contribution in [0.5, 0.6) is 5.75 Å². The van der Waals surface area contributed by atoms with E-state index < -0.39 is 6.04 Å². The number of carbonyl (C=O) groups excluding carboxylic acids is 1. The molecule has 1 aliphatic carbocycles. The third-order valence-electron chi connectivity index (χ3n) is 4.98. The second-order valence-corrected chi connectivity index (χ2v) is 7.67. The first-order valence-corrected chi connectivity index (χ1v) is 9.51. The number of aromatic hydroxyl groups is 1. The molecule has 0 saturated carbocycles. The van der Waals surface area contributed by atoms with Crippen LogP contribution in [-0.4, -0.2) is 21.2 Å². The van der Waals surface area contributed by atoms with Gasteiger partial charge in [0.05, 0.1) is 6.04 Å². The van der Waals surface area contributed by atoms with Crippen molar-refractivity contribution in [1.29, 1.82) is 0 Å². The molecule has 3 aromatic rings. The van der Waals surface area contributed by atoms with E-state index in [4.69, 9.17) is 4.63 Å². The van der Waals surface area contributed by atoms with Crippen molar-refractivity contribution in [3.63, 3.8) is 0 Å². The molecule has 5 rings (SSSR count). The lowest BCUT2D eigenvalue weighted by Gasteiger charge is -2.29. The van der Waals surface area contributed by atoms with E-state index in [1.54, 1.807) is 29.5 Å². The van der Waals surface area contributed by atoms with Crippen molar-refractivity contribution < 1.29 is 14.5 Å². The van der Waals surface area contributed by atoms with Gasteiger partial charge in [-0.25, -0.2) is 4.63 Å². The minimum Gasteiger partial charge on any atom is -0.508 e. The van der Waals surface area contributed by atoms with Crippen LogP contribution < -0.4 is 10.6 Å². The summed E-state index contributed by atoms with van der Waals surface area (Å²) in [6, 6.07) is 10.5. The highest BCUT2D eigenvalue weighted by Gasteiger charge is 2.37. The fourth-order valence-corrected chi connectivity index (χ4v) is 4.61. The SMILES string of the molecule is O=C1C[C@H](c2cccs2)CC2=C1[C@H](c1cccc(O)c1)Nc1nonc1N2. The molecule has 2 aliphatic rings. The fourth-order valence-electron chi connectivity index (χ4n) is 3.78. The van der Waals surface area contributed by atoms with E-state index in [-0.39, 0.29) is 17.5 Å². The van der Waals surface area contributed by atoms with Gasteiger partial charge in [-0.3, -0.25) is 4.79 Å². The van der Waals surface area contributed by atoms with Gasteiger partial charge in [-0.15, -0.1) is 11.3 Å². The molecule has 2 atom stereocenters. The Morgan fingerprint density at radius 1 is 1.15 bits per heavy atom. The molecule has 0 bridgehead atoms. The number of thiophene rings is 1. The van der Waals surface area contributed by atoms with E-state index in [1.165, 1.54) is 4.88 Å². The third-order valence-corrected chi connectivity index (χ3v) is 6.02. The number of nitrogens with one attached hydrogen (secondary N) is 2. The summed E-state index contributed by atoms with van der Waals surface area (Å²) in [6.45, 7) is 0. The topological polar surface area (TPSA) is 100 Å². The number of allylic oxidation sites excluding steroid dienone is 1. The van der Waals surface area contributed by atoms with E-state index in [2.05, 4.69) is 27.0 Å². The highest BCUT2D eigenvalue weighted by Crippen LogP contribution is 2.44. The number of benzene rings is 1. The molecule has 27 heavy (non-hydrogen) atoms. The predicted octanol–water partition coefficient (Wildman–Crippen LogP) is 3.82. The molecule has 0 fully saturated rings. The molecule has 0 spiro atoms. The second-order valence-electron chi connectivity index (χ2n) is 6.69. The zero-order chi connectivity index (χ0) is 18.4. The van der Waals surface area contributed by atoms with Gasteiger partial charge in [-0.2, -0.15) is 0 Å². The summed E-state index contributed by atoms with van der Waals surface area (Å²) in [5.74, 6) is 1.26. The van der Waals surface area contributed by atoms with Crippen LogP contribution in [0.25, 0.3) is 0 Å². The number of phenols is 1. The van der Waals surface area contributed by atoms with Crippen molar-refractivity contribution in [2.45, 2.75) is 24.8 Å². The molecule has 1 aromatic carbocycles. The predicted molar refractivity (Wildman–Crippen MR) is 101 cm³/mol. The Hall–Kier alpha value is -3.13. The zero-order valence-electron chi connectivity index (χ0n) is 14.2. The lowest BCUT2D eigenvalue weighted by molar-refractivity contribution is -0.116. The maximum absolute atomic E-state index is 13.2. The first kappa shape index (κ1) is 16.1. The van der Waals surface area contributed by atoms with Gasteiger partial charge >= 0.3 is 0 Å². The van der Waals surface area contributed by atoms with Crippen LogP contribution in [0.1, 0.15) is 35.2 Å². The van der Waals surface area contributed by atoms with Gasteiger partial charge in [0.15, 0.2) is 5.78 Å². The summed E-state index contributed by atoms with van der Waals surface area (Å²) < 4.78 is 4.86. The Bertz CT molecular complexity index is 1040. The number of ketones is 1. The van der Waals surface area contributed by atoms with E-state index in [0.717, 1.165) is 11.3 Å². The van der Waals surface area contributed by atoms with Crippen molar-refractivity contribution >= 4 is 28.8 Å². The number of anilines is 2. The average molecular weight is 380 g/mol. The van der Waals surface area contributed by atoms with E-state index in [1.807, 2.05) is 17.5 Å². The molecule has 0 unspecified atom stereocenters. The number of hydrogen-bond acceptors (Lipinski definition) is 8. The van der Waals surface area contributed by atoms with Gasteiger partial charge in [0, 0.05) is 28.5 Å². The van der Waals surface area contributed by atoms with E-state index in [9.17, 15) is 9.90 Å². The summed E-state index contributed by atoms with van der Waals surface area (Å²) in [4.78, 5) is 14.4. The maximum Gasteiger partial charge on any atom is 0.219 e. The second kappa shape index (κ2) is 6.24. The molecule has 1 aliphatic heterocycles. The summed E-state index contributed by atoms with van der Waals surface area (Å²) in [5, 5.41) is 26.3. The number of aromatic nitrogens is 2. The van der Waals surface area contributed by atoms with Gasteiger partial charge in [-0.05, 0) is 45.9 Å². The van der Waals surface area contributed by atoms with Crippen molar-refractivity contribution in [3.8, 4) is 5.75 Å². The third kappa shape index (κ3) is 2.78. The quantitative estimate of drug-likeness (QED) is 0.621. The molecule has 136 valence electrons. The van der Waals surface area contributed by atoms with Crippen molar-refractivity contribution in [3.05, 3.63) is 63.5 Å². The van der Waals surface area contributed by atoms with Gasteiger partial charge in [0.25, 0.3) is 0 Å². The molecule has 0 saturated heterocycles. The lowest BCUT2D eigenvalue weighted by Crippen LogP contribution is -2.26. The first-order valence-electron chi connectivity index (χ1n) is 8.63. The van der Waals surface area contributed by atoms with Crippen LogP contribution in [0.2, 0.25) is 0 Å². The Labute approximate surface area is 158 Å². The number of nitrogens with zero attached hydrogens (tertiary/aromatic N) is 2. The minimum atomic E-state index is -0.440. The standard InChI is InChI=1S/C19H16N4O3S/c24-12-4-1-3-10(7-12)17-16-13(20-18-19(21-17)23-26-22-18)8-11(9-14(16)25)15-5-2-6-27-15/h1-7,11,17,24H,8-9H2,(H,20,22)(H,21,23)/t11-,17+/m1/s1. The van der Waals surface area contributed by atoms with Gasteiger partial charge in [0.1, 0.15) is 5.75 Å². The molecule has 8 heteroatoms. The number of fused-ring (bicyclic) bond motifs is 1. The normalized spacial score (nSPS) is 21.7. The van der Waals surface area contributed by atoms with Crippen LogP contribution in [0.4, 0.5) is 11.6 Å². The number of carbonyl (C=O) groups is 1. The highest BCUT2D eigenvalue weighted by atomic mass is 32.1. The zero-order valence-corrected chi connectivity index (χ0v) is 15.0. The Balaban J connectivity index is 1.62. The number of phenolic OH excluding ortho intramolecular Hbond substituents is 1. The summed E-state index contributed by atoms with van der Waals surface area (Å²) in [6.07, 6.45) is 1.15. The van der Waals surface area contributed by atoms with Gasteiger partial charge in [-0.1, -0.05) is 18.2 Å². The van der Waals surface area contributed by atoms with E-state index >= 15 is 0 Å². The fraction of sp³-hybridized carbons (Fsp3) is 0.211. The number of rotatable bonds is 2. The Morgan fingerprint density at radius 2 is 2.04 bits per heavy atom. The Kier molecular flexibility index (Phi) is 3.71. The van der Waals surface area contributed by atoms with Crippen LogP contribution in [0.15, 0.2) is 57.7 Å². The van der Waals surface area contributed by atoms with Gasteiger partial charge < -0.3 is 15.7 Å². The highest BCUT2D eigenvalue weighted by molar-refractivity contribution is 7.10. The first-order chi connectivity index (χ1) is 13.2. The molecule has 0 amide bonds. The summed E-state index contributed by atoms with van der Waals surface area (Å²) in [7, 11) is 0. The number of Topliss-reactive ketones (excluding diaryl/α,β-unsaturated/α-hetero) is 1. The van der Waals surface area contributed by atoms with Crippen LogP contribution in [-0.2, 0) is 4.79 Å². The minimum absolute atomic E-state index is 0.0742. The number of hydrogen-bond donors (Lipinski definition) is 3. The summed E-state index contributed by atoms with van der Waals surface area (Å²) >= 11 is 1.66. The molecule has 0 radical (unpaired) electrons. The summed E-state index contributed by atoms with van der Waals surface area (Å²) in [5.41, 5.74) is 2.26. The van der Waals surface area contributed by atoms with Crippen molar-refractivity contribution in [1.82, 2.24) is 10.3 Å². The lowest BCUT2D eigenvalue weighted by atomic mass is 9.81. The van der Waals surface area contributed by atoms with Crippen molar-refractivity contribution in [2.24, 2.45) is 0 Å². The molecule has 2 aromatic heterocycles. The monoisotopic (exact) mass is 380 g/mol. The van der Waals surface area contributed by atoms with Crippen molar-refractivity contribution in [2.75, 3.05) is 10.6 Å². The van der Waals surface area contributed by atoms with Crippen LogP contribution >= 0.6 is 11.3 Å². The molecular formula is C19H16N4O3S. The molecule has 3 N–H and O–H groups in total. The largest absolute Gasteiger partial charge is 0.508 e. The molecule has 3 heterocycles. The van der Waals surface area contributed by atoms with E-state index in [0.29, 0.717) is 30.1 Å². The molecular weight excluding hydrogens is 364 g/mol. The Morgan fingerprint density at radius 3 is 2.85 bits per heavy atom. The van der Waals surface area contributed by atoms with Crippen LogP contribution in [0, 0.1) is 0 Å².